The van der Waals surface area contributed by atoms with Crippen molar-refractivity contribution in [2.24, 2.45) is 0 Å². The first-order valence-electron chi connectivity index (χ1n) is 47.7. The van der Waals surface area contributed by atoms with E-state index in [9.17, 15) is 26.0 Å². The zero-order valence-electron chi connectivity index (χ0n) is 86.5. The lowest BCUT2D eigenvalue weighted by Gasteiger charge is -2.37. The van der Waals surface area contributed by atoms with Crippen molar-refractivity contribution in [1.82, 2.24) is 14.1 Å². The van der Waals surface area contributed by atoms with Crippen LogP contribution in [0.4, 0.5) is 0 Å². The average Bonchev–Trinajstić information content (AvgIpc) is 1.53. The van der Waals surface area contributed by atoms with E-state index in [1.54, 1.807) is 83.4 Å². The fraction of sp³-hybridized carbons (Fsp3) is 0.0562. The van der Waals surface area contributed by atoms with Crippen LogP contribution < -0.4 is 30.1 Å². The predicted octanol–water partition coefficient (Wildman–Crippen LogP) is 19.3. The maximum Gasteiger partial charge on any atom is 0.269 e. The van der Waals surface area contributed by atoms with Gasteiger partial charge in [-0.1, -0.05) is 281 Å². The lowest BCUT2D eigenvalue weighted by atomic mass is 9.86. The summed E-state index contributed by atoms with van der Waals surface area (Å²) >= 11 is 0. The number of rotatable bonds is 14. The fourth-order valence-corrected chi connectivity index (χ4v) is 16.0. The van der Waals surface area contributed by atoms with Gasteiger partial charge in [0, 0.05) is 32.7 Å². The molecule has 0 saturated heterocycles. The average molecular weight is 1270 g/mol. The molecule has 13 aromatic carbocycles. The van der Waals surface area contributed by atoms with Crippen LogP contribution >= 0.6 is 0 Å². The van der Waals surface area contributed by atoms with Gasteiger partial charge in [-0.3, -0.25) is 13.7 Å². The highest BCUT2D eigenvalue weighted by atomic mass is 28.3. The van der Waals surface area contributed by atoms with E-state index in [0.717, 1.165) is 23.9 Å². The third-order valence-electron chi connectivity index (χ3n) is 16.4. The number of para-hydroxylation sites is 2. The number of aromatic nitrogens is 4. The van der Waals surface area contributed by atoms with Gasteiger partial charge in [-0.05, 0) is 161 Å². The number of benzene rings is 13. The second-order valence-electron chi connectivity index (χ2n) is 23.0. The van der Waals surface area contributed by atoms with Crippen LogP contribution in [0.2, 0.25) is 0 Å². The van der Waals surface area contributed by atoms with Crippen molar-refractivity contribution in [1.29, 1.82) is 0 Å². The SMILES string of the molecule is [2H]c1c([2H])c([2H])c(-c2cnc(-n3c4ccccc4c4ccc(Oc5cccc(-n6[c-][n+](-c7c(-c8c([2H])c(-c9c([2H])c([2H])c([2H])c([2H])c9[2H])c([2H])c(-c9c([2H])c([2H])c([2H])c([2H])c9[2H])c8[2H])cccc7[Si](c7c([2H])c([2H])c([2H])c([2H])c7[2H])(c7c([2H])c([2H])c([2H])c([2H])c7[2H])c7c([2H])c([2H])c([2H])c([2H])c7[2H])c7ccc(-c8ccc(C(C)(C)C)cc8)cc76)c5)cc43)cc2C([2H])([2H])[2H])c([2H])c1[2H]. The van der Waals surface area contributed by atoms with Gasteiger partial charge in [0.25, 0.3) is 6.33 Å². The van der Waals surface area contributed by atoms with Gasteiger partial charge in [0.2, 0.25) is 0 Å². The number of hydrogen-bond acceptors (Lipinski definition) is 2. The molecule has 0 radical (unpaired) electrons. The van der Waals surface area contributed by atoms with Gasteiger partial charge in [0.15, 0.2) is 8.07 Å². The number of imidazole rings is 1. The summed E-state index contributed by atoms with van der Waals surface area (Å²) in [6, 6.07) is 0.976. The minimum absolute atomic E-state index is 0.0280. The fourth-order valence-electron chi connectivity index (χ4n) is 12.0. The maximum absolute atomic E-state index is 10.8. The predicted molar refractivity (Wildman–Crippen MR) is 397 cm³/mol. The van der Waals surface area contributed by atoms with Crippen LogP contribution in [-0.2, 0) is 5.41 Å². The van der Waals surface area contributed by atoms with Crippen LogP contribution in [0.5, 0.6) is 11.5 Å². The van der Waals surface area contributed by atoms with E-state index < -0.39 is 285 Å². The van der Waals surface area contributed by atoms with E-state index in [2.05, 4.69) is 6.33 Å². The molecule has 0 saturated carbocycles. The Bertz CT molecular complexity index is 7270. The number of ether oxygens (including phenoxy) is 1. The summed E-state index contributed by atoms with van der Waals surface area (Å²) in [5, 5.41) is -2.47. The van der Waals surface area contributed by atoms with Crippen LogP contribution in [0.3, 0.4) is 0 Å². The van der Waals surface area contributed by atoms with E-state index in [1.165, 1.54) is 21.3 Å². The first kappa shape index (κ1) is 31.3. The smallest absolute Gasteiger partial charge is 0.269 e. The van der Waals surface area contributed by atoms with Crippen molar-refractivity contribution >= 4 is 61.7 Å². The Morgan fingerprint density at radius 1 is 0.453 bits per heavy atom. The first-order chi connectivity index (χ1) is 61.5. The molecule has 6 heteroatoms. The quantitative estimate of drug-likeness (QED) is 0.0471. The normalized spacial score (nSPS) is 17.3. The van der Waals surface area contributed by atoms with Gasteiger partial charge < -0.3 is 4.74 Å². The molecule has 0 N–H and O–H groups in total. The molecule has 0 aliphatic carbocycles. The highest BCUT2D eigenvalue weighted by Crippen LogP contribution is 2.39. The van der Waals surface area contributed by atoms with Crippen LogP contribution in [0, 0.1) is 13.2 Å². The number of hydrogen-bond donors (Lipinski definition) is 0. The van der Waals surface area contributed by atoms with Gasteiger partial charge in [0.1, 0.15) is 17.3 Å². The molecule has 16 aromatic rings. The molecule has 3 aromatic heterocycles. The van der Waals surface area contributed by atoms with Crippen molar-refractivity contribution in [2.45, 2.75) is 33.0 Å². The Kier molecular flexibility index (Phi) is 8.03. The monoisotopic (exact) mass is 1270 g/mol. The number of aryl methyl sites for hydroxylation is 1. The summed E-state index contributed by atoms with van der Waals surface area (Å²) < 4.78 is 350. The standard InChI is InChI=1S/C89H68N4OSi/c1-62-53-87(90-60-81(62)66-31-15-7-16-32-66)93-82-43-24-23-41-79(82)80-51-50-74(59-84(80)93)94-73-34-25-33-72(58-73)91-61-92(83-52-47-67(57-85(83)91)65-45-48-71(49-46-65)89(2,3)4)88-78(70-55-68(63-27-11-5-12-28-63)54-69(56-70)64-29-13-6-14-30-64)42-26-44-86(88)95(75-35-17-8-18-36-75,76-37-19-9-20-38-76)77-39-21-10-22-40-77/h5-60H,1-4H3/i1D3,5D,6D,7D,8D,9D,10D,11D,12D,13D,14D,15D,16D,17D,18D,19D,20D,21D,22D,27D,28D,29D,30D,31D,32D,35D,36D,37D,38D,39D,40D,54D,55D,56D. The lowest BCUT2D eigenvalue weighted by Crippen LogP contribution is -2.76. The molecule has 0 fully saturated rings. The molecule has 95 heavy (non-hydrogen) atoms. The summed E-state index contributed by atoms with van der Waals surface area (Å²) in [5.41, 5.74) is -4.16. The second-order valence-corrected chi connectivity index (χ2v) is 26.5. The van der Waals surface area contributed by atoms with E-state index >= 15 is 0 Å². The second kappa shape index (κ2) is 24.4. The highest BCUT2D eigenvalue weighted by molar-refractivity contribution is 7.20. The Hall–Kier alpha value is -11.7. The molecule has 5 nitrogen and oxygen atoms in total. The first-order valence-corrected chi connectivity index (χ1v) is 31.7. The van der Waals surface area contributed by atoms with Crippen molar-refractivity contribution in [3.05, 3.63) is 357 Å². The largest absolute Gasteiger partial charge is 0.458 e. The Morgan fingerprint density at radius 2 is 1.01 bits per heavy atom. The number of nitrogens with zero attached hydrogens (tertiary/aromatic N) is 4. The molecule has 0 bridgehead atoms. The topological polar surface area (TPSA) is 35.9 Å². The molecule has 3 heterocycles. The molecule has 0 unspecified atom stereocenters. The van der Waals surface area contributed by atoms with Crippen molar-refractivity contribution in [2.75, 3.05) is 0 Å². The number of fused-ring (bicyclic) bond motifs is 4. The molecule has 16 rings (SSSR count). The minimum Gasteiger partial charge on any atom is -0.458 e. The van der Waals surface area contributed by atoms with E-state index in [-0.39, 0.29) is 45.0 Å². The van der Waals surface area contributed by atoms with Crippen LogP contribution in [0.25, 0.3) is 106 Å². The van der Waals surface area contributed by atoms with Gasteiger partial charge in [-0.15, -0.1) is 0 Å². The Labute approximate surface area is 607 Å². The van der Waals surface area contributed by atoms with Gasteiger partial charge in [-0.25, -0.2) is 4.98 Å². The van der Waals surface area contributed by atoms with Gasteiger partial charge in [0.05, 0.1) is 78.7 Å². The number of pyridine rings is 1. The summed E-state index contributed by atoms with van der Waals surface area (Å²) in [6.07, 6.45) is 4.54. The van der Waals surface area contributed by atoms with Crippen LogP contribution in [0.15, 0.2) is 339 Å². The highest BCUT2D eigenvalue weighted by Gasteiger charge is 2.44. The molecular formula is C89H68N4OSi. The van der Waals surface area contributed by atoms with Gasteiger partial charge in [-0.2, -0.15) is 0 Å². The molecule has 0 atom stereocenters. The molecule has 0 aliphatic rings. The van der Waals surface area contributed by atoms with Crippen LogP contribution in [0.1, 0.15) is 81.2 Å². The summed E-state index contributed by atoms with van der Waals surface area (Å²) in [6.45, 7) is 3.08. The third-order valence-corrected chi connectivity index (χ3v) is 20.6. The summed E-state index contributed by atoms with van der Waals surface area (Å²) in [7, 11) is -6.53. The lowest BCUT2D eigenvalue weighted by molar-refractivity contribution is -0.570. The van der Waals surface area contributed by atoms with Crippen molar-refractivity contribution in [3.63, 3.8) is 0 Å². The van der Waals surface area contributed by atoms with Gasteiger partial charge >= 0.3 is 0 Å². The third kappa shape index (κ3) is 10.7. The minimum atomic E-state index is -6.53. The molecular weight excluding hydrogens is 1170 g/mol. The Morgan fingerprint density at radius 3 is 1.63 bits per heavy atom. The van der Waals surface area contributed by atoms with E-state index in [4.69, 9.17) is 33.0 Å². The van der Waals surface area contributed by atoms with E-state index in [0.29, 0.717) is 32.9 Å². The summed E-state index contributed by atoms with van der Waals surface area (Å²) in [4.78, 5) is 4.72. The van der Waals surface area contributed by atoms with Crippen molar-refractivity contribution < 1.29 is 58.7 Å². The van der Waals surface area contributed by atoms with Crippen molar-refractivity contribution in [3.8, 4) is 84.3 Å². The molecule has 0 spiro atoms. The van der Waals surface area contributed by atoms with E-state index in [1.807, 2.05) is 51.1 Å². The van der Waals surface area contributed by atoms with Crippen LogP contribution in [-0.4, -0.2) is 22.2 Å². The zero-order chi connectivity index (χ0) is 95.3. The molecule has 454 valence electrons. The molecule has 0 aliphatic heterocycles. The Balaban J connectivity index is 1.07. The zero-order valence-corrected chi connectivity index (χ0v) is 51.5. The summed E-state index contributed by atoms with van der Waals surface area (Å²) in [5.74, 6) is 0.230. The maximum atomic E-state index is 10.8. The molecule has 0 amide bonds.